The highest BCUT2D eigenvalue weighted by Gasteiger charge is 2.22. The quantitative estimate of drug-likeness (QED) is 0.472. The molecule has 162 valence electrons. The number of benzene rings is 1. The van der Waals surface area contributed by atoms with E-state index in [1.807, 2.05) is 38.1 Å². The normalized spacial score (nSPS) is 12.8. The van der Waals surface area contributed by atoms with E-state index in [0.29, 0.717) is 42.5 Å². The van der Waals surface area contributed by atoms with Crippen LogP contribution in [0.25, 0.3) is 17.2 Å². The summed E-state index contributed by atoms with van der Waals surface area (Å²) in [6.07, 6.45) is 6.84. The maximum Gasteiger partial charge on any atom is 0.273 e. The topological polar surface area (TPSA) is 123 Å². The van der Waals surface area contributed by atoms with Crippen LogP contribution in [0.15, 0.2) is 41.2 Å². The van der Waals surface area contributed by atoms with Crippen LogP contribution in [0, 0.1) is 0 Å². The average Bonchev–Trinajstić information content (AvgIpc) is 2.94. The van der Waals surface area contributed by atoms with Crippen LogP contribution in [0.3, 0.4) is 0 Å². The Morgan fingerprint density at radius 3 is 2.71 bits per heavy atom. The molecule has 0 bridgehead atoms. The minimum atomic E-state index is -0.202. The molecule has 0 saturated heterocycles. The Hall–Kier alpha value is -3.59. The van der Waals surface area contributed by atoms with Crippen molar-refractivity contribution in [2.75, 3.05) is 13.2 Å². The predicted molar refractivity (Wildman–Crippen MR) is 118 cm³/mol. The Balaban J connectivity index is 1.89. The standard InChI is InChI=1S/C22H26N6O3/c1-3-7-28(31-4-2)22(30)17-8-16-6-5-15(9-19(16)27-20(23)10-17)18-11-25-21(26-12-18)13-24-14-29/h5-6,8-9,11-12,14H,3-4,7,10,13H2,1-2H3,(H2,23,27)(H,24,29). The smallest absolute Gasteiger partial charge is 0.273 e. The Kier molecular flexibility index (Phi) is 7.45. The molecule has 2 aromatic rings. The Labute approximate surface area is 181 Å². The van der Waals surface area contributed by atoms with Crippen molar-refractivity contribution in [3.05, 3.63) is 47.6 Å². The molecule has 3 N–H and O–H groups in total. The number of hydroxylamine groups is 2. The predicted octanol–water partition coefficient (Wildman–Crippen LogP) is 2.36. The van der Waals surface area contributed by atoms with Crippen LogP contribution in [0.2, 0.25) is 0 Å². The third-order valence-corrected chi connectivity index (χ3v) is 4.59. The maximum atomic E-state index is 13.0. The van der Waals surface area contributed by atoms with Gasteiger partial charge in [-0.1, -0.05) is 19.1 Å². The van der Waals surface area contributed by atoms with Crippen molar-refractivity contribution in [2.24, 2.45) is 10.7 Å². The van der Waals surface area contributed by atoms with E-state index in [9.17, 15) is 9.59 Å². The first kappa shape index (κ1) is 22.1. The van der Waals surface area contributed by atoms with Gasteiger partial charge in [0, 0.05) is 42.1 Å². The number of rotatable bonds is 9. The minimum absolute atomic E-state index is 0.202. The number of nitrogens with zero attached hydrogens (tertiary/aromatic N) is 4. The SMILES string of the molecule is CCCN(OCC)C(=O)C1=Cc2ccc(-c3cnc(CNC=O)nc3)cc2N=C(N)C1. The summed E-state index contributed by atoms with van der Waals surface area (Å²) in [4.78, 5) is 41.9. The second kappa shape index (κ2) is 10.4. The van der Waals surface area contributed by atoms with Gasteiger partial charge in [-0.3, -0.25) is 14.4 Å². The second-order valence-corrected chi connectivity index (χ2v) is 6.93. The van der Waals surface area contributed by atoms with Gasteiger partial charge in [0.05, 0.1) is 18.8 Å². The first-order chi connectivity index (χ1) is 15.0. The lowest BCUT2D eigenvalue weighted by Crippen LogP contribution is -2.34. The van der Waals surface area contributed by atoms with E-state index < -0.39 is 0 Å². The molecular formula is C22H26N6O3. The van der Waals surface area contributed by atoms with Gasteiger partial charge >= 0.3 is 0 Å². The average molecular weight is 422 g/mol. The van der Waals surface area contributed by atoms with Gasteiger partial charge in [0.25, 0.3) is 5.91 Å². The molecule has 3 rings (SSSR count). The number of aliphatic imine (C=N–C) groups is 1. The van der Waals surface area contributed by atoms with Crippen molar-refractivity contribution in [1.82, 2.24) is 20.3 Å². The molecule has 0 fully saturated rings. The fourth-order valence-electron chi connectivity index (χ4n) is 3.18. The fourth-order valence-corrected chi connectivity index (χ4v) is 3.18. The second-order valence-electron chi connectivity index (χ2n) is 6.93. The van der Waals surface area contributed by atoms with Gasteiger partial charge < -0.3 is 11.1 Å². The lowest BCUT2D eigenvalue weighted by atomic mass is 10.0. The molecule has 0 unspecified atom stereocenters. The number of nitrogens with one attached hydrogen (secondary N) is 1. The summed E-state index contributed by atoms with van der Waals surface area (Å²) in [6.45, 7) is 5.02. The van der Waals surface area contributed by atoms with Crippen LogP contribution in [-0.2, 0) is 21.0 Å². The summed E-state index contributed by atoms with van der Waals surface area (Å²) < 4.78 is 0. The van der Waals surface area contributed by atoms with Gasteiger partial charge in [0.1, 0.15) is 11.7 Å². The number of carbonyl (C=O) groups is 2. The highest BCUT2D eigenvalue weighted by molar-refractivity contribution is 6.05. The molecule has 0 radical (unpaired) electrons. The fraction of sp³-hybridized carbons (Fsp3) is 0.318. The van der Waals surface area contributed by atoms with Crippen LogP contribution < -0.4 is 11.1 Å². The van der Waals surface area contributed by atoms with Gasteiger partial charge in [-0.2, -0.15) is 0 Å². The summed E-state index contributed by atoms with van der Waals surface area (Å²) in [7, 11) is 0. The van der Waals surface area contributed by atoms with E-state index >= 15 is 0 Å². The van der Waals surface area contributed by atoms with Gasteiger partial charge in [-0.15, -0.1) is 0 Å². The molecular weight excluding hydrogens is 396 g/mol. The van der Waals surface area contributed by atoms with Crippen molar-refractivity contribution in [1.29, 1.82) is 0 Å². The Bertz CT molecular complexity index is 995. The zero-order valence-corrected chi connectivity index (χ0v) is 17.7. The van der Waals surface area contributed by atoms with Crippen molar-refractivity contribution >= 4 is 29.9 Å². The number of hydrogen-bond acceptors (Lipinski definition) is 7. The van der Waals surface area contributed by atoms with Gasteiger partial charge in [-0.05, 0) is 31.1 Å². The molecule has 0 aliphatic carbocycles. The molecule has 9 nitrogen and oxygen atoms in total. The van der Waals surface area contributed by atoms with E-state index in [1.54, 1.807) is 12.4 Å². The lowest BCUT2D eigenvalue weighted by Gasteiger charge is -2.21. The number of hydrogen-bond donors (Lipinski definition) is 2. The molecule has 9 heteroatoms. The van der Waals surface area contributed by atoms with Crippen LogP contribution in [0.4, 0.5) is 5.69 Å². The van der Waals surface area contributed by atoms with Crippen molar-refractivity contribution in [3.63, 3.8) is 0 Å². The highest BCUT2D eigenvalue weighted by atomic mass is 16.7. The molecule has 2 heterocycles. The van der Waals surface area contributed by atoms with Gasteiger partial charge in [0.15, 0.2) is 0 Å². The molecule has 2 amide bonds. The molecule has 0 spiro atoms. The minimum Gasteiger partial charge on any atom is -0.387 e. The van der Waals surface area contributed by atoms with E-state index in [-0.39, 0.29) is 18.9 Å². The van der Waals surface area contributed by atoms with Crippen molar-refractivity contribution < 1.29 is 14.4 Å². The van der Waals surface area contributed by atoms with Crippen molar-refractivity contribution in [3.8, 4) is 11.1 Å². The Morgan fingerprint density at radius 2 is 2.03 bits per heavy atom. The van der Waals surface area contributed by atoms with Crippen LogP contribution in [-0.4, -0.2) is 46.3 Å². The first-order valence-corrected chi connectivity index (χ1v) is 10.2. The number of carbonyl (C=O) groups excluding carboxylic acids is 2. The molecule has 0 saturated carbocycles. The van der Waals surface area contributed by atoms with E-state index in [0.717, 1.165) is 23.1 Å². The van der Waals surface area contributed by atoms with Crippen LogP contribution in [0.5, 0.6) is 0 Å². The molecule has 1 aromatic carbocycles. The summed E-state index contributed by atoms with van der Waals surface area (Å²) in [5.41, 5.74) is 9.80. The number of amides is 2. The lowest BCUT2D eigenvalue weighted by molar-refractivity contribution is -0.180. The number of nitrogens with two attached hydrogens (primary N) is 1. The molecule has 1 aliphatic heterocycles. The van der Waals surface area contributed by atoms with E-state index in [4.69, 9.17) is 10.6 Å². The number of fused-ring (bicyclic) bond motifs is 1. The molecule has 0 atom stereocenters. The summed E-state index contributed by atoms with van der Waals surface area (Å²) in [5, 5.41) is 3.92. The van der Waals surface area contributed by atoms with Crippen LogP contribution in [0.1, 0.15) is 38.1 Å². The summed E-state index contributed by atoms with van der Waals surface area (Å²) >= 11 is 0. The molecule has 31 heavy (non-hydrogen) atoms. The summed E-state index contributed by atoms with van der Waals surface area (Å²) in [5.74, 6) is 0.673. The third kappa shape index (κ3) is 5.52. The van der Waals surface area contributed by atoms with Gasteiger partial charge in [0.2, 0.25) is 6.41 Å². The largest absolute Gasteiger partial charge is 0.387 e. The Morgan fingerprint density at radius 1 is 1.26 bits per heavy atom. The number of aromatic nitrogens is 2. The maximum absolute atomic E-state index is 13.0. The number of amidine groups is 1. The first-order valence-electron chi connectivity index (χ1n) is 10.2. The monoisotopic (exact) mass is 422 g/mol. The molecule has 1 aromatic heterocycles. The zero-order valence-electron chi connectivity index (χ0n) is 17.7. The van der Waals surface area contributed by atoms with E-state index in [2.05, 4.69) is 20.3 Å². The zero-order chi connectivity index (χ0) is 22.2. The van der Waals surface area contributed by atoms with Crippen molar-refractivity contribution in [2.45, 2.75) is 33.2 Å². The highest BCUT2D eigenvalue weighted by Crippen LogP contribution is 2.31. The van der Waals surface area contributed by atoms with Crippen LogP contribution >= 0.6 is 0 Å². The van der Waals surface area contributed by atoms with E-state index in [1.165, 1.54) is 5.06 Å². The summed E-state index contributed by atoms with van der Waals surface area (Å²) in [6, 6.07) is 5.70. The molecule has 1 aliphatic rings. The van der Waals surface area contributed by atoms with Gasteiger partial charge in [-0.25, -0.2) is 20.0 Å². The third-order valence-electron chi connectivity index (χ3n) is 4.59.